The number of hydrazine groups is 1. The number of halogens is 1. The molecule has 24 heavy (non-hydrogen) atoms. The predicted molar refractivity (Wildman–Crippen MR) is 92.5 cm³/mol. The van der Waals surface area contributed by atoms with Crippen LogP contribution in [-0.2, 0) is 0 Å². The Morgan fingerprint density at radius 1 is 1.00 bits per heavy atom. The Morgan fingerprint density at radius 3 is 2.62 bits per heavy atom. The van der Waals surface area contributed by atoms with Crippen LogP contribution in [-0.4, -0.2) is 10.9 Å². The molecule has 3 rings (SSSR count). The lowest BCUT2D eigenvalue weighted by Gasteiger charge is -2.08. The Bertz CT molecular complexity index is 842. The quantitative estimate of drug-likeness (QED) is 0.548. The highest BCUT2D eigenvalue weighted by atomic mass is 32.2. The molecule has 1 heterocycles. The molecule has 0 aliphatic heterocycles. The van der Waals surface area contributed by atoms with E-state index in [1.165, 1.54) is 6.07 Å². The van der Waals surface area contributed by atoms with Gasteiger partial charge in [-0.3, -0.25) is 15.2 Å². The first kappa shape index (κ1) is 16.2. The highest BCUT2D eigenvalue weighted by Gasteiger charge is 2.08. The number of nitrogens with zero attached hydrogens (tertiary/aromatic N) is 1. The van der Waals surface area contributed by atoms with Gasteiger partial charge in [0, 0.05) is 17.3 Å². The number of hydrogen-bond acceptors (Lipinski definition) is 4. The third-order valence-electron chi connectivity index (χ3n) is 3.25. The van der Waals surface area contributed by atoms with Gasteiger partial charge in [-0.05, 0) is 48.3 Å². The largest absolute Gasteiger partial charge is 0.277 e. The van der Waals surface area contributed by atoms with Gasteiger partial charge in [0.1, 0.15) is 5.82 Å². The number of nitrogens with one attached hydrogen (secondary N) is 2. The van der Waals surface area contributed by atoms with E-state index >= 15 is 0 Å². The molecule has 0 aliphatic carbocycles. The summed E-state index contributed by atoms with van der Waals surface area (Å²) in [6.07, 6.45) is 1.70. The molecular formula is C18H14FN3OS. The second kappa shape index (κ2) is 7.72. The molecule has 0 bridgehead atoms. The molecule has 0 saturated carbocycles. The number of benzene rings is 2. The highest BCUT2D eigenvalue weighted by molar-refractivity contribution is 7.97. The monoisotopic (exact) mass is 339 g/mol. The lowest BCUT2D eigenvalue weighted by atomic mass is 10.1. The molecule has 2 aromatic carbocycles. The van der Waals surface area contributed by atoms with Gasteiger partial charge in [-0.1, -0.05) is 30.3 Å². The van der Waals surface area contributed by atoms with E-state index in [1.54, 1.807) is 42.6 Å². The molecule has 0 unspecified atom stereocenters. The molecule has 0 spiro atoms. The first-order valence-corrected chi connectivity index (χ1v) is 8.04. The van der Waals surface area contributed by atoms with E-state index in [2.05, 4.69) is 15.2 Å². The summed E-state index contributed by atoms with van der Waals surface area (Å²) in [4.78, 5) is 19.5. The van der Waals surface area contributed by atoms with Crippen molar-refractivity contribution in [3.8, 4) is 11.3 Å². The molecular weight excluding hydrogens is 325 g/mol. The van der Waals surface area contributed by atoms with Gasteiger partial charge in [0.15, 0.2) is 0 Å². The first-order valence-electron chi connectivity index (χ1n) is 7.22. The van der Waals surface area contributed by atoms with Gasteiger partial charge in [-0.25, -0.2) is 4.39 Å². The molecule has 0 radical (unpaired) electrons. The van der Waals surface area contributed by atoms with Crippen LogP contribution < -0.4 is 10.3 Å². The fraction of sp³-hybridized carbons (Fsp3) is 0. The first-order chi connectivity index (χ1) is 11.7. The van der Waals surface area contributed by atoms with E-state index in [1.807, 2.05) is 24.3 Å². The van der Waals surface area contributed by atoms with Gasteiger partial charge in [-0.15, -0.1) is 0 Å². The zero-order chi connectivity index (χ0) is 16.8. The molecule has 4 nitrogen and oxygen atoms in total. The van der Waals surface area contributed by atoms with Crippen molar-refractivity contribution in [3.05, 3.63) is 84.3 Å². The van der Waals surface area contributed by atoms with Crippen molar-refractivity contribution in [3.63, 3.8) is 0 Å². The SMILES string of the molecule is O=C(NNSc1ccccc1F)c1cccc(-c2ccccn2)c1. The maximum Gasteiger partial charge on any atom is 0.266 e. The summed E-state index contributed by atoms with van der Waals surface area (Å²) in [6, 6.07) is 19.1. The van der Waals surface area contributed by atoms with E-state index in [9.17, 15) is 9.18 Å². The Kier molecular flexibility index (Phi) is 5.20. The molecule has 0 saturated heterocycles. The Labute approximate surface area is 143 Å². The highest BCUT2D eigenvalue weighted by Crippen LogP contribution is 2.19. The smallest absolute Gasteiger partial charge is 0.266 e. The number of amides is 1. The summed E-state index contributed by atoms with van der Waals surface area (Å²) in [5.41, 5.74) is 4.67. The van der Waals surface area contributed by atoms with Crippen LogP contribution in [0.2, 0.25) is 0 Å². The van der Waals surface area contributed by atoms with Crippen LogP contribution in [0, 0.1) is 5.82 Å². The lowest BCUT2D eigenvalue weighted by Crippen LogP contribution is -2.32. The van der Waals surface area contributed by atoms with Gasteiger partial charge in [0.05, 0.1) is 10.6 Å². The van der Waals surface area contributed by atoms with Gasteiger partial charge in [-0.2, -0.15) is 4.83 Å². The van der Waals surface area contributed by atoms with Crippen LogP contribution in [0.5, 0.6) is 0 Å². The number of aromatic nitrogens is 1. The molecule has 2 N–H and O–H groups in total. The maximum atomic E-state index is 13.5. The third-order valence-corrected chi connectivity index (χ3v) is 4.00. The average Bonchev–Trinajstić information content (AvgIpc) is 2.64. The number of hydrogen-bond donors (Lipinski definition) is 2. The van der Waals surface area contributed by atoms with Crippen LogP contribution in [0.1, 0.15) is 10.4 Å². The second-order valence-corrected chi connectivity index (χ2v) is 5.73. The third kappa shape index (κ3) is 3.98. The van der Waals surface area contributed by atoms with E-state index in [0.29, 0.717) is 10.5 Å². The molecule has 1 aromatic heterocycles. The molecule has 3 aromatic rings. The number of pyridine rings is 1. The van der Waals surface area contributed by atoms with Crippen LogP contribution in [0.3, 0.4) is 0 Å². The van der Waals surface area contributed by atoms with Crippen LogP contribution >= 0.6 is 11.9 Å². The summed E-state index contributed by atoms with van der Waals surface area (Å²) in [6.45, 7) is 0. The average molecular weight is 339 g/mol. The van der Waals surface area contributed by atoms with Gasteiger partial charge < -0.3 is 0 Å². The van der Waals surface area contributed by atoms with Crippen LogP contribution in [0.25, 0.3) is 11.3 Å². The van der Waals surface area contributed by atoms with E-state index in [4.69, 9.17) is 0 Å². The number of carbonyl (C=O) groups excluding carboxylic acids is 1. The zero-order valence-electron chi connectivity index (χ0n) is 12.6. The van der Waals surface area contributed by atoms with Crippen LogP contribution in [0.4, 0.5) is 4.39 Å². The predicted octanol–water partition coefficient (Wildman–Crippen LogP) is 3.83. The molecule has 1 amide bonds. The molecule has 0 fully saturated rings. The van der Waals surface area contributed by atoms with E-state index in [0.717, 1.165) is 23.2 Å². The van der Waals surface area contributed by atoms with Gasteiger partial charge in [0.2, 0.25) is 0 Å². The zero-order valence-corrected chi connectivity index (χ0v) is 13.4. The summed E-state index contributed by atoms with van der Waals surface area (Å²) in [7, 11) is 0. The summed E-state index contributed by atoms with van der Waals surface area (Å²) >= 11 is 1.00. The number of rotatable bonds is 5. The fourth-order valence-electron chi connectivity index (χ4n) is 2.08. The fourth-order valence-corrected chi connectivity index (χ4v) is 2.65. The minimum atomic E-state index is -0.346. The van der Waals surface area contributed by atoms with Crippen LogP contribution in [0.15, 0.2) is 77.8 Å². The minimum Gasteiger partial charge on any atom is -0.277 e. The van der Waals surface area contributed by atoms with Crippen molar-refractivity contribution in [1.29, 1.82) is 0 Å². The van der Waals surface area contributed by atoms with Crippen molar-refractivity contribution in [1.82, 2.24) is 15.2 Å². The van der Waals surface area contributed by atoms with E-state index in [-0.39, 0.29) is 11.7 Å². The normalized spacial score (nSPS) is 10.4. The van der Waals surface area contributed by atoms with E-state index < -0.39 is 0 Å². The van der Waals surface area contributed by atoms with Crippen molar-refractivity contribution in [2.75, 3.05) is 0 Å². The Balaban J connectivity index is 1.64. The van der Waals surface area contributed by atoms with Gasteiger partial charge >= 0.3 is 0 Å². The summed E-state index contributed by atoms with van der Waals surface area (Å²) < 4.78 is 13.5. The topological polar surface area (TPSA) is 54.0 Å². The van der Waals surface area contributed by atoms with Gasteiger partial charge in [0.25, 0.3) is 5.91 Å². The summed E-state index contributed by atoms with van der Waals surface area (Å²) in [5.74, 6) is -0.655. The van der Waals surface area contributed by atoms with Crippen molar-refractivity contribution in [2.45, 2.75) is 4.90 Å². The standard InChI is InChI=1S/C18H14FN3OS/c19-15-8-1-2-10-17(15)24-22-21-18(23)14-7-5-6-13(12-14)16-9-3-4-11-20-16/h1-12,22H,(H,21,23). The second-order valence-electron chi connectivity index (χ2n) is 4.88. The molecule has 0 aliphatic rings. The Hall–Kier alpha value is -2.70. The Morgan fingerprint density at radius 2 is 1.83 bits per heavy atom. The lowest BCUT2D eigenvalue weighted by molar-refractivity contribution is 0.0947. The van der Waals surface area contributed by atoms with Crippen molar-refractivity contribution in [2.24, 2.45) is 0 Å². The maximum absolute atomic E-state index is 13.5. The molecule has 0 atom stereocenters. The van der Waals surface area contributed by atoms with Crippen molar-refractivity contribution >= 4 is 17.9 Å². The minimum absolute atomic E-state index is 0.309. The number of carbonyl (C=O) groups is 1. The molecule has 120 valence electrons. The molecule has 6 heteroatoms. The summed E-state index contributed by atoms with van der Waals surface area (Å²) in [5, 5.41) is 0. The van der Waals surface area contributed by atoms with Crippen molar-refractivity contribution < 1.29 is 9.18 Å².